The van der Waals surface area contributed by atoms with Crippen LogP contribution in [-0.4, -0.2) is 39.6 Å². The molecule has 2 aliphatic rings. The van der Waals surface area contributed by atoms with Crippen molar-refractivity contribution in [1.29, 1.82) is 0 Å². The summed E-state index contributed by atoms with van der Waals surface area (Å²) in [5, 5.41) is 14.3. The molecule has 0 saturated carbocycles. The molecule has 6 rings (SSSR count). The first-order valence-electron chi connectivity index (χ1n) is 11.3. The van der Waals surface area contributed by atoms with E-state index in [1.165, 1.54) is 11.3 Å². The fourth-order valence-electron chi connectivity index (χ4n) is 4.92. The molecule has 0 spiro atoms. The van der Waals surface area contributed by atoms with E-state index in [-0.39, 0.29) is 18.1 Å². The third-order valence-electron chi connectivity index (χ3n) is 6.60. The van der Waals surface area contributed by atoms with Gasteiger partial charge in [-0.05, 0) is 47.7 Å². The Kier molecular flexibility index (Phi) is 5.11. The average molecular weight is 487 g/mol. The Bertz CT molecular complexity index is 1500. The Morgan fingerprint density at radius 3 is 2.74 bits per heavy atom. The molecule has 176 valence electrons. The van der Waals surface area contributed by atoms with Crippen LogP contribution in [0.25, 0.3) is 16.7 Å². The lowest BCUT2D eigenvalue weighted by atomic mass is 9.99. The smallest absolute Gasteiger partial charge is 0.295 e. The minimum absolute atomic E-state index is 0.0919. The molecule has 2 aromatic carbocycles. The molecule has 1 unspecified atom stereocenters. The molecular weight excluding hydrogens is 464 g/mol. The van der Waals surface area contributed by atoms with Gasteiger partial charge in [-0.3, -0.25) is 9.59 Å². The van der Waals surface area contributed by atoms with Crippen molar-refractivity contribution in [1.82, 2.24) is 9.47 Å². The van der Waals surface area contributed by atoms with Crippen LogP contribution in [0.4, 0.5) is 0 Å². The Hall–Kier alpha value is -4.04. The summed E-state index contributed by atoms with van der Waals surface area (Å²) in [4.78, 5) is 28.9. The summed E-state index contributed by atoms with van der Waals surface area (Å²) in [6.07, 6.45) is 2.65. The lowest BCUT2D eigenvalue weighted by molar-refractivity contribution is -0.139. The van der Waals surface area contributed by atoms with Gasteiger partial charge in [0, 0.05) is 41.1 Å². The normalized spacial score (nSPS) is 18.7. The van der Waals surface area contributed by atoms with E-state index in [9.17, 15) is 14.7 Å². The standard InChI is InChI=1S/C27H22N2O5S/c1-28-14-17(18-5-2-3-6-19(18)28)10-11-29-24(22-7-4-12-35-22)23(26(31)27(29)32)25(30)16-8-9-20-21(13-16)34-15-33-20/h2-9,12-14,24,30H,10-11,15H2,1H3/b25-23-. The zero-order chi connectivity index (χ0) is 24.1. The zero-order valence-electron chi connectivity index (χ0n) is 18.9. The number of Topliss-reactive ketones (excluding diaryl/α,β-unsaturated/α-hetero) is 1. The van der Waals surface area contributed by atoms with E-state index in [0.717, 1.165) is 21.3 Å². The van der Waals surface area contributed by atoms with Crippen LogP contribution in [0.1, 0.15) is 22.0 Å². The first kappa shape index (κ1) is 21.5. The number of para-hydroxylation sites is 1. The van der Waals surface area contributed by atoms with Crippen molar-refractivity contribution in [3.05, 3.63) is 87.8 Å². The SMILES string of the molecule is Cn1cc(CCN2C(=O)C(=O)/C(=C(\O)c3ccc4c(c3)OCO4)C2c2cccs2)c2ccccc21. The third-order valence-corrected chi connectivity index (χ3v) is 7.52. The number of ketones is 1. The predicted molar refractivity (Wildman–Crippen MR) is 133 cm³/mol. The topological polar surface area (TPSA) is 81.0 Å². The van der Waals surface area contributed by atoms with Crippen molar-refractivity contribution in [2.75, 3.05) is 13.3 Å². The van der Waals surface area contributed by atoms with E-state index in [4.69, 9.17) is 9.47 Å². The summed E-state index contributed by atoms with van der Waals surface area (Å²) in [7, 11) is 2.00. The number of aromatic nitrogens is 1. The number of nitrogens with zero attached hydrogens (tertiary/aromatic N) is 2. The van der Waals surface area contributed by atoms with Crippen LogP contribution in [0.3, 0.4) is 0 Å². The van der Waals surface area contributed by atoms with Gasteiger partial charge in [0.2, 0.25) is 6.79 Å². The van der Waals surface area contributed by atoms with Crippen molar-refractivity contribution < 1.29 is 24.2 Å². The van der Waals surface area contributed by atoms with Crippen molar-refractivity contribution in [3.63, 3.8) is 0 Å². The van der Waals surface area contributed by atoms with Gasteiger partial charge in [-0.1, -0.05) is 24.3 Å². The maximum absolute atomic E-state index is 13.2. The molecule has 8 heteroatoms. The molecule has 4 aromatic rings. The number of carbonyl (C=O) groups excluding carboxylic acids is 2. The Labute approximate surface area is 205 Å². The number of likely N-dealkylation sites (tertiary alicyclic amines) is 1. The summed E-state index contributed by atoms with van der Waals surface area (Å²) < 4.78 is 12.8. The van der Waals surface area contributed by atoms with E-state index in [1.54, 1.807) is 23.1 Å². The minimum atomic E-state index is -0.684. The fourth-order valence-corrected chi connectivity index (χ4v) is 5.76. The van der Waals surface area contributed by atoms with Crippen LogP contribution in [0, 0.1) is 0 Å². The van der Waals surface area contributed by atoms with Crippen LogP contribution in [0.15, 0.2) is 71.7 Å². The molecule has 2 aliphatic heterocycles. The quantitative estimate of drug-likeness (QED) is 0.253. The van der Waals surface area contributed by atoms with Crippen LogP contribution >= 0.6 is 11.3 Å². The van der Waals surface area contributed by atoms with Gasteiger partial charge in [-0.2, -0.15) is 0 Å². The molecule has 1 fully saturated rings. The number of aliphatic hydroxyl groups is 1. The number of fused-ring (bicyclic) bond motifs is 2. The number of hydrogen-bond acceptors (Lipinski definition) is 6. The summed E-state index contributed by atoms with van der Waals surface area (Å²) in [5.74, 6) is -0.436. The Balaban J connectivity index is 1.39. The van der Waals surface area contributed by atoms with E-state index in [1.807, 2.05) is 36.7 Å². The number of rotatable bonds is 5. The molecule has 1 atom stereocenters. The average Bonchev–Trinajstić information content (AvgIpc) is 3.66. The summed E-state index contributed by atoms with van der Waals surface area (Å²) in [6.45, 7) is 0.451. The molecule has 7 nitrogen and oxygen atoms in total. The van der Waals surface area contributed by atoms with E-state index in [2.05, 4.69) is 22.9 Å². The molecule has 0 aliphatic carbocycles. The van der Waals surface area contributed by atoms with Gasteiger partial charge in [-0.15, -0.1) is 11.3 Å². The molecular formula is C27H22N2O5S. The van der Waals surface area contributed by atoms with Crippen molar-refractivity contribution in [3.8, 4) is 11.5 Å². The monoisotopic (exact) mass is 486 g/mol. The first-order chi connectivity index (χ1) is 17.0. The van der Waals surface area contributed by atoms with Crippen LogP contribution in [0.5, 0.6) is 11.5 Å². The van der Waals surface area contributed by atoms with Gasteiger partial charge < -0.3 is 24.0 Å². The summed E-state index contributed by atoms with van der Waals surface area (Å²) >= 11 is 1.45. The number of carbonyl (C=O) groups is 2. The minimum Gasteiger partial charge on any atom is -0.507 e. The highest BCUT2D eigenvalue weighted by Gasteiger charge is 2.46. The van der Waals surface area contributed by atoms with E-state index in [0.29, 0.717) is 30.0 Å². The zero-order valence-corrected chi connectivity index (χ0v) is 19.7. The van der Waals surface area contributed by atoms with Gasteiger partial charge >= 0.3 is 0 Å². The second-order valence-electron chi connectivity index (χ2n) is 8.61. The van der Waals surface area contributed by atoms with Crippen molar-refractivity contribution in [2.24, 2.45) is 7.05 Å². The molecule has 2 aromatic heterocycles. The summed E-state index contributed by atoms with van der Waals surface area (Å²) in [6, 6.07) is 16.2. The number of amides is 1. The number of ether oxygens (including phenoxy) is 2. The molecule has 1 amide bonds. The first-order valence-corrected chi connectivity index (χ1v) is 12.2. The van der Waals surface area contributed by atoms with Gasteiger partial charge in [-0.25, -0.2) is 0 Å². The molecule has 0 radical (unpaired) electrons. The lowest BCUT2D eigenvalue weighted by Gasteiger charge is -2.24. The van der Waals surface area contributed by atoms with E-state index < -0.39 is 17.7 Å². The Morgan fingerprint density at radius 2 is 1.91 bits per heavy atom. The number of benzene rings is 2. The lowest BCUT2D eigenvalue weighted by Crippen LogP contribution is -2.31. The van der Waals surface area contributed by atoms with Crippen LogP contribution in [0.2, 0.25) is 0 Å². The molecule has 4 heterocycles. The maximum Gasteiger partial charge on any atom is 0.295 e. The fraction of sp³-hybridized carbons (Fsp3) is 0.185. The molecule has 1 saturated heterocycles. The largest absolute Gasteiger partial charge is 0.507 e. The van der Waals surface area contributed by atoms with Gasteiger partial charge in [0.1, 0.15) is 5.76 Å². The predicted octanol–water partition coefficient (Wildman–Crippen LogP) is 4.63. The second-order valence-corrected chi connectivity index (χ2v) is 9.59. The van der Waals surface area contributed by atoms with Crippen molar-refractivity contribution >= 4 is 39.7 Å². The number of thiophene rings is 1. The van der Waals surface area contributed by atoms with Crippen LogP contribution in [-0.2, 0) is 23.1 Å². The number of hydrogen-bond donors (Lipinski definition) is 1. The van der Waals surface area contributed by atoms with Gasteiger partial charge in [0.25, 0.3) is 11.7 Å². The second kappa shape index (κ2) is 8.32. The summed E-state index contributed by atoms with van der Waals surface area (Å²) in [5.41, 5.74) is 2.71. The van der Waals surface area contributed by atoms with Gasteiger partial charge in [0.05, 0.1) is 11.6 Å². The highest BCUT2D eigenvalue weighted by atomic mass is 32.1. The molecule has 0 bridgehead atoms. The number of aryl methyl sites for hydroxylation is 1. The Morgan fingerprint density at radius 1 is 1.09 bits per heavy atom. The van der Waals surface area contributed by atoms with Crippen molar-refractivity contribution in [2.45, 2.75) is 12.5 Å². The maximum atomic E-state index is 13.2. The number of aliphatic hydroxyl groups excluding tert-OH is 1. The van der Waals surface area contributed by atoms with E-state index >= 15 is 0 Å². The highest BCUT2D eigenvalue weighted by Crippen LogP contribution is 2.42. The van der Waals surface area contributed by atoms with Crippen LogP contribution < -0.4 is 9.47 Å². The molecule has 1 N–H and O–H groups in total. The molecule has 35 heavy (non-hydrogen) atoms. The highest BCUT2D eigenvalue weighted by molar-refractivity contribution is 7.10. The van der Waals surface area contributed by atoms with Gasteiger partial charge in [0.15, 0.2) is 11.5 Å². The third kappa shape index (κ3) is 3.49.